The van der Waals surface area contributed by atoms with E-state index in [0.717, 1.165) is 29.2 Å². The number of rotatable bonds is 3. The number of H-pyrrole nitrogens is 1. The van der Waals surface area contributed by atoms with E-state index in [2.05, 4.69) is 20.6 Å². The number of benzene rings is 1. The fourth-order valence-electron chi connectivity index (χ4n) is 2.82. The Hall–Kier alpha value is -2.63. The largest absolute Gasteiger partial charge is 0.354 e. The summed E-state index contributed by atoms with van der Waals surface area (Å²) in [6.07, 6.45) is 1.56. The Balaban J connectivity index is 1.72. The van der Waals surface area contributed by atoms with Crippen LogP contribution in [0.3, 0.4) is 0 Å². The molecule has 0 bridgehead atoms. The van der Waals surface area contributed by atoms with Crippen LogP contribution >= 0.6 is 0 Å². The van der Waals surface area contributed by atoms with Crippen LogP contribution in [0.2, 0.25) is 0 Å². The molecule has 1 aliphatic heterocycles. The molecule has 120 valence electrons. The fourth-order valence-corrected chi connectivity index (χ4v) is 2.82. The predicted molar refractivity (Wildman–Crippen MR) is 87.0 cm³/mol. The number of amides is 2. The molecule has 1 aromatic heterocycles. The van der Waals surface area contributed by atoms with E-state index in [9.17, 15) is 9.59 Å². The summed E-state index contributed by atoms with van der Waals surface area (Å²) in [7, 11) is 0. The number of hydrogen-bond donors (Lipinski definition) is 3. The summed E-state index contributed by atoms with van der Waals surface area (Å²) >= 11 is 0. The van der Waals surface area contributed by atoms with Crippen LogP contribution in [0.1, 0.15) is 34.7 Å². The van der Waals surface area contributed by atoms with Crippen molar-refractivity contribution in [3.8, 4) is 11.3 Å². The maximum absolute atomic E-state index is 12.3. The van der Waals surface area contributed by atoms with Gasteiger partial charge in [-0.05, 0) is 38.8 Å². The van der Waals surface area contributed by atoms with E-state index < -0.39 is 6.04 Å². The van der Waals surface area contributed by atoms with Gasteiger partial charge in [0.25, 0.3) is 5.91 Å². The van der Waals surface area contributed by atoms with Crippen molar-refractivity contribution in [2.24, 2.45) is 0 Å². The molecule has 1 aliphatic rings. The third-order valence-electron chi connectivity index (χ3n) is 4.01. The van der Waals surface area contributed by atoms with Gasteiger partial charge in [-0.1, -0.05) is 12.1 Å². The Morgan fingerprint density at radius 2 is 2.00 bits per heavy atom. The van der Waals surface area contributed by atoms with Crippen molar-refractivity contribution in [1.82, 2.24) is 20.6 Å². The zero-order chi connectivity index (χ0) is 16.4. The first-order valence-corrected chi connectivity index (χ1v) is 7.77. The van der Waals surface area contributed by atoms with Gasteiger partial charge in [-0.2, -0.15) is 0 Å². The zero-order valence-electron chi connectivity index (χ0n) is 13.3. The molecule has 0 aliphatic carbocycles. The molecule has 3 N–H and O–H groups in total. The van der Waals surface area contributed by atoms with E-state index in [1.807, 2.05) is 26.0 Å². The van der Waals surface area contributed by atoms with Gasteiger partial charge in [-0.25, -0.2) is 4.98 Å². The minimum atomic E-state index is -0.438. The van der Waals surface area contributed by atoms with Crippen molar-refractivity contribution >= 4 is 11.8 Å². The number of aromatic amines is 1. The molecule has 6 nitrogen and oxygen atoms in total. The summed E-state index contributed by atoms with van der Waals surface area (Å²) in [6.45, 7) is 4.56. The first-order valence-electron chi connectivity index (χ1n) is 7.77. The number of carbonyl (C=O) groups excluding carboxylic acids is 2. The molecule has 1 fully saturated rings. The summed E-state index contributed by atoms with van der Waals surface area (Å²) < 4.78 is 0. The van der Waals surface area contributed by atoms with Crippen LogP contribution in [-0.2, 0) is 4.79 Å². The number of nitrogens with zero attached hydrogens (tertiary/aromatic N) is 1. The molecule has 6 heteroatoms. The van der Waals surface area contributed by atoms with Crippen LogP contribution in [0.4, 0.5) is 0 Å². The summed E-state index contributed by atoms with van der Waals surface area (Å²) in [5, 5.41) is 5.55. The van der Waals surface area contributed by atoms with E-state index in [4.69, 9.17) is 0 Å². The number of piperidine rings is 1. The van der Waals surface area contributed by atoms with Crippen molar-refractivity contribution in [1.29, 1.82) is 0 Å². The third kappa shape index (κ3) is 3.26. The monoisotopic (exact) mass is 312 g/mol. The summed E-state index contributed by atoms with van der Waals surface area (Å²) in [5.74, 6) is 0.528. The standard InChI is InChI=1S/C17H20N4O2/c1-10-15(20-11(2)19-10)12-5-7-13(8-6-12)16(22)21-14-4-3-9-18-17(14)23/h5-8,14H,3-4,9H2,1-2H3,(H,18,23)(H,19,20)(H,21,22). The predicted octanol–water partition coefficient (Wildman–Crippen LogP) is 1.70. The number of aryl methyl sites for hydroxylation is 2. The minimum absolute atomic E-state index is 0.108. The molecular weight excluding hydrogens is 292 g/mol. The lowest BCUT2D eigenvalue weighted by atomic mass is 10.0. The van der Waals surface area contributed by atoms with Crippen molar-refractivity contribution in [2.45, 2.75) is 32.7 Å². The Morgan fingerprint density at radius 1 is 1.26 bits per heavy atom. The number of carbonyl (C=O) groups is 2. The molecule has 2 heterocycles. The van der Waals surface area contributed by atoms with Crippen LogP contribution in [-0.4, -0.2) is 34.4 Å². The topological polar surface area (TPSA) is 86.9 Å². The van der Waals surface area contributed by atoms with Gasteiger partial charge in [-0.15, -0.1) is 0 Å². The van der Waals surface area contributed by atoms with Crippen molar-refractivity contribution < 1.29 is 9.59 Å². The molecule has 0 saturated carbocycles. The Kier molecular flexibility index (Phi) is 4.14. The average Bonchev–Trinajstić information content (AvgIpc) is 2.88. The highest BCUT2D eigenvalue weighted by Crippen LogP contribution is 2.21. The van der Waals surface area contributed by atoms with Crippen LogP contribution in [0.15, 0.2) is 24.3 Å². The molecule has 1 atom stereocenters. The molecule has 2 amide bonds. The quantitative estimate of drug-likeness (QED) is 0.806. The lowest BCUT2D eigenvalue weighted by Crippen LogP contribution is -2.50. The summed E-state index contributed by atoms with van der Waals surface area (Å²) in [5.41, 5.74) is 3.38. The lowest BCUT2D eigenvalue weighted by Gasteiger charge is -2.22. The van der Waals surface area contributed by atoms with E-state index in [-0.39, 0.29) is 11.8 Å². The number of aromatic nitrogens is 2. The van der Waals surface area contributed by atoms with E-state index in [1.54, 1.807) is 12.1 Å². The second kappa shape index (κ2) is 6.24. The van der Waals surface area contributed by atoms with Gasteiger partial charge in [0.05, 0.1) is 5.69 Å². The molecule has 23 heavy (non-hydrogen) atoms. The van der Waals surface area contributed by atoms with Crippen LogP contribution in [0.5, 0.6) is 0 Å². The minimum Gasteiger partial charge on any atom is -0.354 e. The van der Waals surface area contributed by atoms with Gasteiger partial charge < -0.3 is 15.6 Å². The summed E-state index contributed by atoms with van der Waals surface area (Å²) in [6, 6.07) is 6.83. The van der Waals surface area contributed by atoms with Crippen LogP contribution < -0.4 is 10.6 Å². The van der Waals surface area contributed by atoms with Gasteiger partial charge in [0.2, 0.25) is 5.91 Å². The molecule has 1 unspecified atom stereocenters. The molecule has 1 saturated heterocycles. The van der Waals surface area contributed by atoms with Crippen molar-refractivity contribution in [2.75, 3.05) is 6.54 Å². The highest BCUT2D eigenvalue weighted by molar-refractivity contribution is 5.98. The fraction of sp³-hybridized carbons (Fsp3) is 0.353. The first kappa shape index (κ1) is 15.3. The SMILES string of the molecule is Cc1nc(-c2ccc(C(=O)NC3CCCNC3=O)cc2)c(C)[nH]1. The second-order valence-corrected chi connectivity index (χ2v) is 5.83. The van der Waals surface area contributed by atoms with Crippen LogP contribution in [0.25, 0.3) is 11.3 Å². The lowest BCUT2D eigenvalue weighted by molar-refractivity contribution is -0.124. The van der Waals surface area contributed by atoms with Gasteiger partial charge in [0.15, 0.2) is 0 Å². The highest BCUT2D eigenvalue weighted by Gasteiger charge is 2.23. The molecule has 2 aromatic rings. The normalized spacial score (nSPS) is 17.7. The van der Waals surface area contributed by atoms with Gasteiger partial charge in [0.1, 0.15) is 11.9 Å². The highest BCUT2D eigenvalue weighted by atomic mass is 16.2. The van der Waals surface area contributed by atoms with E-state index >= 15 is 0 Å². The molecule has 3 rings (SSSR count). The van der Waals surface area contributed by atoms with E-state index in [1.165, 1.54) is 0 Å². The second-order valence-electron chi connectivity index (χ2n) is 5.83. The smallest absolute Gasteiger partial charge is 0.251 e. The Morgan fingerprint density at radius 3 is 2.61 bits per heavy atom. The Labute approximate surface area is 134 Å². The maximum atomic E-state index is 12.3. The zero-order valence-corrected chi connectivity index (χ0v) is 13.3. The molecular formula is C17H20N4O2. The van der Waals surface area contributed by atoms with Crippen LogP contribution in [0, 0.1) is 13.8 Å². The average molecular weight is 312 g/mol. The van der Waals surface area contributed by atoms with Gasteiger partial charge in [-0.3, -0.25) is 9.59 Å². The number of hydrogen-bond acceptors (Lipinski definition) is 3. The molecule has 0 radical (unpaired) electrons. The first-order chi connectivity index (χ1) is 11.0. The molecule has 1 aromatic carbocycles. The third-order valence-corrected chi connectivity index (χ3v) is 4.01. The number of imidazole rings is 1. The summed E-state index contributed by atoms with van der Waals surface area (Å²) in [4.78, 5) is 31.6. The Bertz CT molecular complexity index is 734. The van der Waals surface area contributed by atoms with Gasteiger partial charge >= 0.3 is 0 Å². The van der Waals surface area contributed by atoms with E-state index in [0.29, 0.717) is 18.5 Å². The number of nitrogens with one attached hydrogen (secondary N) is 3. The maximum Gasteiger partial charge on any atom is 0.251 e. The van der Waals surface area contributed by atoms with Crippen molar-refractivity contribution in [3.63, 3.8) is 0 Å². The van der Waals surface area contributed by atoms with Gasteiger partial charge in [0, 0.05) is 23.4 Å². The molecule has 0 spiro atoms. The van der Waals surface area contributed by atoms with Crippen molar-refractivity contribution in [3.05, 3.63) is 41.3 Å².